The molecule has 1 heterocycles. The van der Waals surface area contributed by atoms with Gasteiger partial charge in [-0.1, -0.05) is 30.3 Å². The Bertz CT molecular complexity index is 833. The Morgan fingerprint density at radius 3 is 2.52 bits per heavy atom. The highest BCUT2D eigenvalue weighted by molar-refractivity contribution is 5.92. The van der Waals surface area contributed by atoms with Crippen molar-refractivity contribution in [2.75, 3.05) is 12.3 Å². The molecule has 25 heavy (non-hydrogen) atoms. The van der Waals surface area contributed by atoms with Crippen LogP contribution in [-0.2, 0) is 6.42 Å². The normalized spacial score (nSPS) is 10.2. The van der Waals surface area contributed by atoms with E-state index in [1.54, 1.807) is 42.6 Å². The van der Waals surface area contributed by atoms with Crippen LogP contribution in [0.25, 0.3) is 0 Å². The maximum Gasteiger partial charge on any atom is 0.270 e. The van der Waals surface area contributed by atoms with Gasteiger partial charge >= 0.3 is 0 Å². The van der Waals surface area contributed by atoms with Crippen molar-refractivity contribution < 1.29 is 9.53 Å². The van der Waals surface area contributed by atoms with Crippen LogP contribution in [-0.4, -0.2) is 17.4 Å². The molecule has 0 atom stereocenters. The molecule has 0 spiro atoms. The zero-order valence-electron chi connectivity index (χ0n) is 13.7. The number of nitrogens with two attached hydrogens (primary N) is 1. The van der Waals surface area contributed by atoms with Gasteiger partial charge in [-0.05, 0) is 42.3 Å². The predicted octanol–water partition coefficient (Wildman–Crippen LogP) is 3.43. The van der Waals surface area contributed by atoms with Crippen molar-refractivity contribution in [3.05, 3.63) is 84.2 Å². The summed E-state index contributed by atoms with van der Waals surface area (Å²) in [4.78, 5) is 16.3. The summed E-state index contributed by atoms with van der Waals surface area (Å²) in [5.41, 5.74) is 7.82. The van der Waals surface area contributed by atoms with Crippen LogP contribution in [0.4, 0.5) is 5.69 Å². The van der Waals surface area contributed by atoms with Gasteiger partial charge in [-0.2, -0.15) is 0 Å². The predicted molar refractivity (Wildman–Crippen MR) is 97.6 cm³/mol. The van der Waals surface area contributed by atoms with Gasteiger partial charge < -0.3 is 15.8 Å². The summed E-state index contributed by atoms with van der Waals surface area (Å²) in [6.45, 7) is 0.549. The number of anilines is 1. The summed E-state index contributed by atoms with van der Waals surface area (Å²) in [6, 6.07) is 20.4. The second-order valence-electron chi connectivity index (χ2n) is 5.54. The SMILES string of the molecule is Nc1ccc(Oc2ccnc(C(=O)NCCc3ccccc3)c2)cc1. The van der Waals surface area contributed by atoms with Crippen LogP contribution in [0.2, 0.25) is 0 Å². The molecule has 0 radical (unpaired) electrons. The topological polar surface area (TPSA) is 77.2 Å². The number of pyridine rings is 1. The number of benzene rings is 2. The fraction of sp³-hybridized carbons (Fsp3) is 0.100. The molecular formula is C20H19N3O2. The lowest BCUT2D eigenvalue weighted by Gasteiger charge is -2.08. The van der Waals surface area contributed by atoms with Crippen molar-refractivity contribution >= 4 is 11.6 Å². The van der Waals surface area contributed by atoms with Crippen molar-refractivity contribution in [2.24, 2.45) is 0 Å². The number of carbonyl (C=O) groups is 1. The van der Waals surface area contributed by atoms with Crippen LogP contribution in [0, 0.1) is 0 Å². The average molecular weight is 333 g/mol. The number of hydrogen-bond donors (Lipinski definition) is 2. The molecule has 0 aliphatic heterocycles. The number of aromatic nitrogens is 1. The molecule has 2 aromatic carbocycles. The lowest BCUT2D eigenvalue weighted by molar-refractivity contribution is 0.0949. The van der Waals surface area contributed by atoms with E-state index in [2.05, 4.69) is 10.3 Å². The first-order valence-electron chi connectivity index (χ1n) is 8.02. The van der Waals surface area contributed by atoms with Gasteiger partial charge in [0.1, 0.15) is 17.2 Å². The first kappa shape index (κ1) is 16.5. The van der Waals surface area contributed by atoms with Crippen molar-refractivity contribution in [1.29, 1.82) is 0 Å². The second-order valence-corrected chi connectivity index (χ2v) is 5.54. The highest BCUT2D eigenvalue weighted by atomic mass is 16.5. The Hall–Kier alpha value is -3.34. The van der Waals surface area contributed by atoms with Crippen LogP contribution in [0.5, 0.6) is 11.5 Å². The zero-order chi connectivity index (χ0) is 17.5. The molecule has 1 amide bonds. The standard InChI is InChI=1S/C20H19N3O2/c21-16-6-8-17(9-7-16)25-18-11-13-22-19(14-18)20(24)23-12-10-15-4-2-1-3-5-15/h1-9,11,13-14H,10,12,21H2,(H,23,24). The first-order valence-corrected chi connectivity index (χ1v) is 8.02. The molecule has 126 valence electrons. The van der Waals surface area contributed by atoms with E-state index in [0.717, 1.165) is 6.42 Å². The van der Waals surface area contributed by atoms with E-state index < -0.39 is 0 Å². The van der Waals surface area contributed by atoms with E-state index in [0.29, 0.717) is 29.4 Å². The Kier molecular flexibility index (Phi) is 5.26. The van der Waals surface area contributed by atoms with Crippen molar-refractivity contribution in [2.45, 2.75) is 6.42 Å². The maximum atomic E-state index is 12.2. The fourth-order valence-electron chi connectivity index (χ4n) is 2.33. The molecule has 0 aliphatic carbocycles. The largest absolute Gasteiger partial charge is 0.457 e. The van der Waals surface area contributed by atoms with E-state index in [1.165, 1.54) is 5.56 Å². The van der Waals surface area contributed by atoms with E-state index in [1.807, 2.05) is 30.3 Å². The van der Waals surface area contributed by atoms with Crippen molar-refractivity contribution in [3.63, 3.8) is 0 Å². The van der Waals surface area contributed by atoms with Crippen LogP contribution >= 0.6 is 0 Å². The van der Waals surface area contributed by atoms with E-state index in [4.69, 9.17) is 10.5 Å². The van der Waals surface area contributed by atoms with Crippen LogP contribution in [0.15, 0.2) is 72.9 Å². The number of nitrogens with one attached hydrogen (secondary N) is 1. The zero-order valence-corrected chi connectivity index (χ0v) is 13.7. The van der Waals surface area contributed by atoms with E-state index in [-0.39, 0.29) is 5.91 Å². The monoisotopic (exact) mass is 333 g/mol. The van der Waals surface area contributed by atoms with Crippen molar-refractivity contribution in [1.82, 2.24) is 10.3 Å². The van der Waals surface area contributed by atoms with Crippen LogP contribution in [0.3, 0.4) is 0 Å². The molecule has 3 aromatic rings. The minimum Gasteiger partial charge on any atom is -0.457 e. The molecule has 1 aromatic heterocycles. The van der Waals surface area contributed by atoms with Crippen LogP contribution < -0.4 is 15.8 Å². The molecule has 0 fully saturated rings. The summed E-state index contributed by atoms with van der Waals surface area (Å²) < 4.78 is 5.72. The second kappa shape index (κ2) is 7.97. The highest BCUT2D eigenvalue weighted by Crippen LogP contribution is 2.22. The summed E-state index contributed by atoms with van der Waals surface area (Å²) in [5.74, 6) is 0.975. The Balaban J connectivity index is 1.58. The molecule has 5 heteroatoms. The highest BCUT2D eigenvalue weighted by Gasteiger charge is 2.08. The maximum absolute atomic E-state index is 12.2. The third-order valence-electron chi connectivity index (χ3n) is 3.62. The third-order valence-corrected chi connectivity index (χ3v) is 3.62. The molecule has 0 bridgehead atoms. The lowest BCUT2D eigenvalue weighted by Crippen LogP contribution is -2.26. The quantitative estimate of drug-likeness (QED) is 0.678. The number of carbonyl (C=O) groups excluding carboxylic acids is 1. The van der Waals surface area contributed by atoms with Gasteiger partial charge in [-0.15, -0.1) is 0 Å². The molecule has 0 unspecified atom stereocenters. The smallest absolute Gasteiger partial charge is 0.270 e. The van der Waals surface area contributed by atoms with Gasteiger partial charge in [0.25, 0.3) is 5.91 Å². The summed E-state index contributed by atoms with van der Waals surface area (Å²) in [6.07, 6.45) is 2.33. The van der Waals surface area contributed by atoms with E-state index >= 15 is 0 Å². The summed E-state index contributed by atoms with van der Waals surface area (Å²) >= 11 is 0. The summed E-state index contributed by atoms with van der Waals surface area (Å²) in [7, 11) is 0. The van der Waals surface area contributed by atoms with Gasteiger partial charge in [-0.3, -0.25) is 9.78 Å². The number of ether oxygens (including phenoxy) is 1. The molecule has 3 rings (SSSR count). The van der Waals surface area contributed by atoms with Crippen LogP contribution in [0.1, 0.15) is 16.1 Å². The van der Waals surface area contributed by atoms with E-state index in [9.17, 15) is 4.79 Å². The number of hydrogen-bond acceptors (Lipinski definition) is 4. The molecule has 0 saturated carbocycles. The molecular weight excluding hydrogens is 314 g/mol. The average Bonchev–Trinajstić information content (AvgIpc) is 2.65. The lowest BCUT2D eigenvalue weighted by atomic mass is 10.1. The Morgan fingerprint density at radius 1 is 1.00 bits per heavy atom. The summed E-state index contributed by atoms with van der Waals surface area (Å²) in [5, 5.41) is 2.87. The molecule has 5 nitrogen and oxygen atoms in total. The van der Waals surface area contributed by atoms with Gasteiger partial charge in [-0.25, -0.2) is 0 Å². The third kappa shape index (κ3) is 4.81. The number of nitrogens with zero attached hydrogens (tertiary/aromatic N) is 1. The molecule has 3 N–H and O–H groups in total. The van der Waals surface area contributed by atoms with Gasteiger partial charge in [0, 0.05) is 24.5 Å². The number of nitrogen functional groups attached to an aromatic ring is 1. The van der Waals surface area contributed by atoms with Crippen molar-refractivity contribution in [3.8, 4) is 11.5 Å². The fourth-order valence-corrected chi connectivity index (χ4v) is 2.33. The minimum atomic E-state index is -0.223. The van der Waals surface area contributed by atoms with Gasteiger partial charge in [0.05, 0.1) is 0 Å². The van der Waals surface area contributed by atoms with Gasteiger partial charge in [0.2, 0.25) is 0 Å². The first-order chi connectivity index (χ1) is 12.2. The number of rotatable bonds is 6. The Labute approximate surface area is 146 Å². The molecule has 0 saturated heterocycles. The number of amides is 1. The Morgan fingerprint density at radius 2 is 1.76 bits per heavy atom. The molecule has 0 aliphatic rings. The van der Waals surface area contributed by atoms with Gasteiger partial charge in [0.15, 0.2) is 0 Å². The minimum absolute atomic E-state index is 0.223.